The van der Waals surface area contributed by atoms with Gasteiger partial charge in [0.25, 0.3) is 0 Å². The van der Waals surface area contributed by atoms with Crippen molar-refractivity contribution in [3.05, 3.63) is 30.3 Å². The molecular weight excluding hydrogens is 556 g/mol. The quantitative estimate of drug-likeness (QED) is 0.363. The van der Waals surface area contributed by atoms with Crippen LogP contribution in [0.25, 0.3) is 0 Å². The number of benzene rings is 1. The van der Waals surface area contributed by atoms with Gasteiger partial charge in [-0.15, -0.1) is 0 Å². The van der Waals surface area contributed by atoms with Crippen molar-refractivity contribution >= 4 is 39.3 Å². The number of alkyl halides is 1. The summed E-state index contributed by atoms with van der Waals surface area (Å²) in [5.41, 5.74) is -0.518. The molecule has 4 saturated heterocycles. The summed E-state index contributed by atoms with van der Waals surface area (Å²) in [5.74, 6) is -2.59. The van der Waals surface area contributed by atoms with E-state index in [2.05, 4.69) is 31.5 Å². The van der Waals surface area contributed by atoms with Gasteiger partial charge >= 0.3 is 0 Å². The molecule has 1 spiro atoms. The van der Waals surface area contributed by atoms with Crippen LogP contribution in [0.2, 0.25) is 0 Å². The summed E-state index contributed by atoms with van der Waals surface area (Å²) in [6.07, 6.45) is -0.109. The monoisotopic (exact) mass is 592 g/mol. The molecule has 10 nitrogen and oxygen atoms in total. The van der Waals surface area contributed by atoms with Crippen LogP contribution >= 0.6 is 15.9 Å². The number of likely N-dealkylation sites (tertiary alicyclic amines) is 1. The van der Waals surface area contributed by atoms with Crippen molar-refractivity contribution in [2.75, 3.05) is 51.3 Å². The molecule has 208 valence electrons. The zero-order valence-electron chi connectivity index (χ0n) is 21.8. The lowest BCUT2D eigenvalue weighted by molar-refractivity contribution is -0.146. The van der Waals surface area contributed by atoms with Crippen LogP contribution in [-0.4, -0.2) is 107 Å². The second-order valence-electron chi connectivity index (χ2n) is 11.0. The maximum absolute atomic E-state index is 14.1. The first-order chi connectivity index (χ1) is 18.3. The molecule has 3 unspecified atom stereocenters. The molecule has 7 atom stereocenters. The average Bonchev–Trinajstić information content (AvgIpc) is 3.49. The maximum Gasteiger partial charge on any atom is 0.245 e. The predicted octanol–water partition coefficient (Wildman–Crippen LogP) is 0.838. The molecular formula is C27H37BrN4O6. The van der Waals surface area contributed by atoms with E-state index in [0.717, 1.165) is 13.1 Å². The smallest absolute Gasteiger partial charge is 0.245 e. The zero-order valence-corrected chi connectivity index (χ0v) is 23.4. The van der Waals surface area contributed by atoms with Crippen LogP contribution < -0.4 is 10.6 Å². The number of anilines is 1. The van der Waals surface area contributed by atoms with Crippen LogP contribution in [0.5, 0.6) is 0 Å². The number of rotatable bonds is 9. The van der Waals surface area contributed by atoms with Crippen molar-refractivity contribution < 1.29 is 29.0 Å². The third-order valence-corrected chi connectivity index (χ3v) is 9.31. The summed E-state index contributed by atoms with van der Waals surface area (Å²) in [5, 5.41) is 16.3. The number of ether oxygens (including phenoxy) is 2. The molecule has 2 bridgehead atoms. The zero-order chi connectivity index (χ0) is 27.0. The third kappa shape index (κ3) is 4.77. The lowest BCUT2D eigenvalue weighted by atomic mass is 9.70. The van der Waals surface area contributed by atoms with Crippen molar-refractivity contribution in [3.8, 4) is 0 Å². The molecule has 0 saturated carbocycles. The van der Waals surface area contributed by atoms with Crippen LogP contribution in [0.4, 0.5) is 5.69 Å². The van der Waals surface area contributed by atoms with Gasteiger partial charge in [0.05, 0.1) is 43.8 Å². The molecule has 0 radical (unpaired) electrons. The van der Waals surface area contributed by atoms with Gasteiger partial charge in [0, 0.05) is 36.7 Å². The first-order valence-electron chi connectivity index (χ1n) is 13.5. The van der Waals surface area contributed by atoms with Crippen LogP contribution in [0.15, 0.2) is 30.3 Å². The number of aliphatic hydroxyl groups is 1. The number of hydrogen-bond donors (Lipinski definition) is 3. The van der Waals surface area contributed by atoms with E-state index >= 15 is 0 Å². The van der Waals surface area contributed by atoms with E-state index in [0.29, 0.717) is 38.4 Å². The SMILES string of the molecule is CC(C)[C@H](CO)N1C(=O)[C@@H]2[C@@H](C(=O)Nc3ccccc3)[C@@H]3OC2(CC3Br)C1C(=O)NCCN1CCOCC1. The fourth-order valence-corrected chi connectivity index (χ4v) is 7.59. The minimum absolute atomic E-state index is 0.101. The maximum atomic E-state index is 14.1. The Hall–Kier alpha value is -2.05. The molecule has 0 aromatic heterocycles. The minimum atomic E-state index is -1.15. The molecule has 1 aromatic carbocycles. The Morgan fingerprint density at radius 2 is 1.89 bits per heavy atom. The van der Waals surface area contributed by atoms with Crippen molar-refractivity contribution in [3.63, 3.8) is 0 Å². The van der Waals surface area contributed by atoms with Gasteiger partial charge in [0.1, 0.15) is 11.6 Å². The van der Waals surface area contributed by atoms with E-state index in [1.54, 1.807) is 12.1 Å². The van der Waals surface area contributed by atoms with Gasteiger partial charge in [-0.3, -0.25) is 19.3 Å². The number of nitrogens with one attached hydrogen (secondary N) is 2. The number of amides is 3. The Kier molecular flexibility index (Phi) is 8.12. The Morgan fingerprint density at radius 3 is 2.55 bits per heavy atom. The lowest BCUT2D eigenvalue weighted by Crippen LogP contribution is -2.59. The van der Waals surface area contributed by atoms with E-state index < -0.39 is 35.6 Å². The van der Waals surface area contributed by atoms with Gasteiger partial charge < -0.3 is 30.1 Å². The fraction of sp³-hybridized carbons (Fsp3) is 0.667. The fourth-order valence-electron chi connectivity index (χ4n) is 6.65. The van der Waals surface area contributed by atoms with Gasteiger partial charge in [-0.05, 0) is 24.5 Å². The molecule has 3 N–H and O–H groups in total. The number of hydrogen-bond acceptors (Lipinski definition) is 7. The number of nitrogens with zero attached hydrogens (tertiary/aromatic N) is 2. The van der Waals surface area contributed by atoms with Gasteiger partial charge in [0.2, 0.25) is 17.7 Å². The molecule has 4 heterocycles. The highest BCUT2D eigenvalue weighted by Gasteiger charge is 2.77. The highest BCUT2D eigenvalue weighted by molar-refractivity contribution is 9.09. The van der Waals surface area contributed by atoms with Crippen LogP contribution in [0.3, 0.4) is 0 Å². The van der Waals surface area contributed by atoms with Crippen LogP contribution in [0.1, 0.15) is 20.3 Å². The number of carbonyl (C=O) groups is 3. The average molecular weight is 594 g/mol. The topological polar surface area (TPSA) is 120 Å². The second-order valence-corrected chi connectivity index (χ2v) is 12.2. The predicted molar refractivity (Wildman–Crippen MR) is 144 cm³/mol. The largest absolute Gasteiger partial charge is 0.394 e. The van der Waals surface area contributed by atoms with Gasteiger partial charge in [-0.25, -0.2) is 0 Å². The highest BCUT2D eigenvalue weighted by atomic mass is 79.9. The Balaban J connectivity index is 1.43. The van der Waals surface area contributed by atoms with E-state index in [9.17, 15) is 19.5 Å². The van der Waals surface area contributed by atoms with E-state index in [1.165, 1.54) is 4.90 Å². The molecule has 3 amide bonds. The Morgan fingerprint density at radius 1 is 1.18 bits per heavy atom. The molecule has 4 aliphatic heterocycles. The summed E-state index contributed by atoms with van der Waals surface area (Å²) >= 11 is 3.69. The Labute approximate surface area is 231 Å². The summed E-state index contributed by atoms with van der Waals surface area (Å²) in [7, 11) is 0. The van der Waals surface area contributed by atoms with Gasteiger partial charge in [-0.2, -0.15) is 0 Å². The summed E-state index contributed by atoms with van der Waals surface area (Å²) in [6, 6.07) is 7.59. The van der Waals surface area contributed by atoms with E-state index in [4.69, 9.17) is 9.47 Å². The van der Waals surface area contributed by atoms with E-state index in [1.807, 2.05) is 32.0 Å². The normalized spacial score (nSPS) is 33.4. The van der Waals surface area contributed by atoms with Crippen LogP contribution in [-0.2, 0) is 23.9 Å². The molecule has 0 aliphatic carbocycles. The Bertz CT molecular complexity index is 1040. The first kappa shape index (κ1) is 27.5. The number of para-hydroxylation sites is 1. The lowest BCUT2D eigenvalue weighted by Gasteiger charge is -2.38. The van der Waals surface area contributed by atoms with Gasteiger partial charge in [-0.1, -0.05) is 48.0 Å². The first-order valence-corrected chi connectivity index (χ1v) is 14.4. The third-order valence-electron chi connectivity index (χ3n) is 8.46. The highest BCUT2D eigenvalue weighted by Crippen LogP contribution is 2.60. The summed E-state index contributed by atoms with van der Waals surface area (Å²) in [4.78, 5) is 45.1. The summed E-state index contributed by atoms with van der Waals surface area (Å²) in [6.45, 7) is 7.60. The number of aliphatic hydroxyl groups excluding tert-OH is 1. The molecule has 5 rings (SSSR count). The molecule has 38 heavy (non-hydrogen) atoms. The molecule has 11 heteroatoms. The van der Waals surface area contributed by atoms with Gasteiger partial charge in [0.15, 0.2) is 0 Å². The standard InChI is InChI=1S/C27H37BrN4O6/c1-16(2)19(15-33)32-23(25(35)29-8-9-31-10-12-37-13-11-31)27-14-18(28)22(38-27)20(21(27)26(32)36)24(34)30-17-6-4-3-5-7-17/h3-7,16,18-23,33H,8-15H2,1-2H3,(H,29,35)(H,30,34)/t18?,19-,20+,21-,22+,23?,27?/m0/s1. The minimum Gasteiger partial charge on any atom is -0.394 e. The number of carbonyl (C=O) groups excluding carboxylic acids is 3. The molecule has 4 aliphatic rings. The number of halogens is 1. The molecule has 4 fully saturated rings. The second kappa shape index (κ2) is 11.2. The number of fused-ring (bicyclic) bond motifs is 1. The van der Waals surface area contributed by atoms with Crippen molar-refractivity contribution in [1.82, 2.24) is 15.1 Å². The summed E-state index contributed by atoms with van der Waals surface area (Å²) < 4.78 is 11.9. The van der Waals surface area contributed by atoms with Crippen molar-refractivity contribution in [2.45, 2.75) is 48.9 Å². The van der Waals surface area contributed by atoms with Crippen LogP contribution in [0, 0.1) is 17.8 Å². The molecule has 1 aromatic rings. The number of morpholine rings is 1. The van der Waals surface area contributed by atoms with Crippen molar-refractivity contribution in [2.24, 2.45) is 17.8 Å². The van der Waals surface area contributed by atoms with Crippen molar-refractivity contribution in [1.29, 1.82) is 0 Å². The van der Waals surface area contributed by atoms with E-state index in [-0.39, 0.29) is 35.1 Å².